The Morgan fingerprint density at radius 3 is 2.50 bits per heavy atom. The highest BCUT2D eigenvalue weighted by molar-refractivity contribution is 7.89. The van der Waals surface area contributed by atoms with Crippen molar-refractivity contribution in [2.75, 3.05) is 26.0 Å². The summed E-state index contributed by atoms with van der Waals surface area (Å²) >= 11 is 0. The molecule has 0 aliphatic rings. The van der Waals surface area contributed by atoms with Gasteiger partial charge in [-0.15, -0.1) is 0 Å². The van der Waals surface area contributed by atoms with E-state index in [1.54, 1.807) is 14.1 Å². The fourth-order valence-electron chi connectivity index (χ4n) is 1.33. The minimum atomic E-state index is -3.94. The number of benzene rings is 1. The summed E-state index contributed by atoms with van der Waals surface area (Å²) in [7, 11) is 0.474. The number of azide groups is 1. The van der Waals surface area contributed by atoms with Crippen LogP contribution in [0.3, 0.4) is 0 Å². The lowest BCUT2D eigenvalue weighted by atomic mass is 10.2. The van der Waals surface area contributed by atoms with Crippen LogP contribution in [0.2, 0.25) is 0 Å². The van der Waals surface area contributed by atoms with E-state index in [9.17, 15) is 12.8 Å². The number of anilines is 1. The van der Waals surface area contributed by atoms with E-state index >= 15 is 0 Å². The van der Waals surface area contributed by atoms with Crippen molar-refractivity contribution in [3.8, 4) is 0 Å². The minimum absolute atomic E-state index is 0.0396. The molecule has 0 aromatic heterocycles. The number of rotatable bonds is 4. The molecule has 0 aliphatic heterocycles. The van der Waals surface area contributed by atoms with Crippen LogP contribution in [0, 0.1) is 5.82 Å². The molecule has 1 rings (SSSR count). The fourth-order valence-corrected chi connectivity index (χ4v) is 2.14. The molecule has 9 heteroatoms. The summed E-state index contributed by atoms with van der Waals surface area (Å²) in [6.45, 7) is 0. The average Bonchev–Trinajstić information content (AvgIpc) is 2.30. The Morgan fingerprint density at radius 1 is 1.44 bits per heavy atom. The second kappa shape index (κ2) is 5.21. The van der Waals surface area contributed by atoms with Gasteiger partial charge in [-0.25, -0.2) is 17.5 Å². The van der Waals surface area contributed by atoms with E-state index in [-0.39, 0.29) is 5.69 Å². The third-order valence-electron chi connectivity index (χ3n) is 2.22. The van der Waals surface area contributed by atoms with Crippen LogP contribution in [0.4, 0.5) is 15.8 Å². The van der Waals surface area contributed by atoms with Crippen LogP contribution in [-0.4, -0.2) is 29.6 Å². The Hall–Kier alpha value is -1.83. The number of hydrogen-bond acceptors (Lipinski definition) is 4. The largest absolute Gasteiger partial charge is 0.377 e. The first kappa shape index (κ1) is 14.2. The maximum Gasteiger partial charge on any atom is 0.243 e. The molecule has 0 bridgehead atoms. The van der Waals surface area contributed by atoms with E-state index in [4.69, 9.17) is 5.53 Å². The Morgan fingerprint density at radius 2 is 2.06 bits per heavy atom. The molecule has 0 saturated carbocycles. The first-order valence-corrected chi connectivity index (χ1v) is 6.31. The highest BCUT2D eigenvalue weighted by Crippen LogP contribution is 2.32. The number of halogens is 1. The van der Waals surface area contributed by atoms with Gasteiger partial charge in [0.05, 0.1) is 5.69 Å². The zero-order valence-corrected chi connectivity index (χ0v) is 10.9. The number of nitrogens with zero attached hydrogens (tertiary/aromatic N) is 4. The molecule has 1 N–H and O–H groups in total. The van der Waals surface area contributed by atoms with Gasteiger partial charge in [-0.1, -0.05) is 5.11 Å². The van der Waals surface area contributed by atoms with Gasteiger partial charge in [0.1, 0.15) is 10.7 Å². The zero-order chi connectivity index (χ0) is 13.9. The first-order valence-electron chi connectivity index (χ1n) is 4.83. The zero-order valence-electron chi connectivity index (χ0n) is 10.0. The summed E-state index contributed by atoms with van der Waals surface area (Å²) in [5.41, 5.74) is 8.76. The predicted molar refractivity (Wildman–Crippen MR) is 65.8 cm³/mol. The lowest BCUT2D eigenvalue weighted by molar-refractivity contribution is 0.561. The molecule has 0 spiro atoms. The van der Waals surface area contributed by atoms with E-state index in [2.05, 4.69) is 10.0 Å². The van der Waals surface area contributed by atoms with Crippen LogP contribution in [-0.2, 0) is 10.0 Å². The molecular formula is C9H12FN5O2S. The van der Waals surface area contributed by atoms with Crippen LogP contribution in [0.1, 0.15) is 0 Å². The van der Waals surface area contributed by atoms with E-state index in [1.807, 2.05) is 4.72 Å². The molecule has 0 unspecified atom stereocenters. The van der Waals surface area contributed by atoms with Gasteiger partial charge >= 0.3 is 0 Å². The maximum atomic E-state index is 13.7. The topological polar surface area (TPSA) is 98.2 Å². The smallest absolute Gasteiger partial charge is 0.243 e. The van der Waals surface area contributed by atoms with E-state index in [0.717, 1.165) is 12.1 Å². The fraction of sp³-hybridized carbons (Fsp3) is 0.333. The Kier molecular flexibility index (Phi) is 4.12. The van der Waals surface area contributed by atoms with Crippen molar-refractivity contribution in [1.29, 1.82) is 0 Å². The third-order valence-corrected chi connectivity index (χ3v) is 3.65. The van der Waals surface area contributed by atoms with Gasteiger partial charge < -0.3 is 4.90 Å². The van der Waals surface area contributed by atoms with Crippen molar-refractivity contribution in [3.05, 3.63) is 28.4 Å². The van der Waals surface area contributed by atoms with Gasteiger partial charge in [-0.3, -0.25) is 0 Å². The molecule has 0 heterocycles. The van der Waals surface area contributed by atoms with Crippen LogP contribution in [0.5, 0.6) is 0 Å². The van der Waals surface area contributed by atoms with Gasteiger partial charge in [0.25, 0.3) is 0 Å². The van der Waals surface area contributed by atoms with E-state index < -0.39 is 20.7 Å². The number of sulfonamides is 1. The molecule has 0 amide bonds. The molecule has 0 saturated heterocycles. The molecule has 0 radical (unpaired) electrons. The molecule has 18 heavy (non-hydrogen) atoms. The van der Waals surface area contributed by atoms with E-state index in [0.29, 0.717) is 5.69 Å². The number of hydrogen-bond donors (Lipinski definition) is 1. The first-order chi connectivity index (χ1) is 8.33. The van der Waals surface area contributed by atoms with Gasteiger partial charge in [-0.05, 0) is 24.7 Å². The van der Waals surface area contributed by atoms with Crippen molar-refractivity contribution in [2.24, 2.45) is 5.11 Å². The Balaban J connectivity index is 3.61. The number of nitrogens with one attached hydrogen (secondary N) is 1. The second-order valence-corrected chi connectivity index (χ2v) is 5.42. The monoisotopic (exact) mass is 273 g/mol. The average molecular weight is 273 g/mol. The lowest BCUT2D eigenvalue weighted by Crippen LogP contribution is -2.20. The minimum Gasteiger partial charge on any atom is -0.377 e. The lowest BCUT2D eigenvalue weighted by Gasteiger charge is -2.16. The Labute approximate surface area is 104 Å². The standard InChI is InChI=1S/C9H12FN5O2S/c1-12-18(16,17)9-5-7(13-14-11)8(15(2)3)4-6(9)10/h4-5,12H,1-3H3. The SMILES string of the molecule is CNS(=O)(=O)c1cc(N=[N+]=[N-])c(N(C)C)cc1F. The van der Waals surface area contributed by atoms with Crippen molar-refractivity contribution < 1.29 is 12.8 Å². The second-order valence-electron chi connectivity index (χ2n) is 3.56. The summed E-state index contributed by atoms with van der Waals surface area (Å²) in [5, 5.41) is 3.36. The summed E-state index contributed by atoms with van der Waals surface area (Å²) in [6, 6.07) is 2.00. The van der Waals surface area contributed by atoms with Gasteiger partial charge in [0.15, 0.2) is 0 Å². The third kappa shape index (κ3) is 2.70. The normalized spacial score (nSPS) is 10.9. The van der Waals surface area contributed by atoms with Gasteiger partial charge in [0, 0.05) is 24.7 Å². The maximum absolute atomic E-state index is 13.7. The van der Waals surface area contributed by atoms with E-state index in [1.165, 1.54) is 11.9 Å². The summed E-state index contributed by atoms with van der Waals surface area (Å²) in [6.07, 6.45) is 0. The van der Waals surface area contributed by atoms with Crippen molar-refractivity contribution >= 4 is 21.4 Å². The van der Waals surface area contributed by atoms with Crippen molar-refractivity contribution in [3.63, 3.8) is 0 Å². The van der Waals surface area contributed by atoms with Gasteiger partial charge in [0.2, 0.25) is 10.0 Å². The van der Waals surface area contributed by atoms with Crippen molar-refractivity contribution in [2.45, 2.75) is 4.90 Å². The molecular weight excluding hydrogens is 261 g/mol. The van der Waals surface area contributed by atoms with Crippen LogP contribution in [0.15, 0.2) is 22.1 Å². The molecule has 1 aromatic carbocycles. The molecule has 0 atom stereocenters. The Bertz CT molecular complexity index is 608. The van der Waals surface area contributed by atoms with Crippen LogP contribution in [0.25, 0.3) is 10.4 Å². The van der Waals surface area contributed by atoms with Crippen LogP contribution < -0.4 is 9.62 Å². The van der Waals surface area contributed by atoms with Gasteiger partial charge in [-0.2, -0.15) is 0 Å². The quantitative estimate of drug-likeness (QED) is 0.514. The summed E-state index contributed by atoms with van der Waals surface area (Å²) in [5.74, 6) is -0.912. The molecule has 98 valence electrons. The molecule has 1 aromatic rings. The molecule has 0 fully saturated rings. The highest BCUT2D eigenvalue weighted by Gasteiger charge is 2.20. The summed E-state index contributed by atoms with van der Waals surface area (Å²) < 4.78 is 38.9. The predicted octanol–water partition coefficient (Wildman–Crippen LogP) is 1.74. The molecule has 7 nitrogen and oxygen atoms in total. The highest BCUT2D eigenvalue weighted by atomic mass is 32.2. The van der Waals surface area contributed by atoms with Crippen LogP contribution >= 0.6 is 0 Å². The van der Waals surface area contributed by atoms with Crippen molar-refractivity contribution in [1.82, 2.24) is 4.72 Å². The molecule has 0 aliphatic carbocycles. The summed E-state index contributed by atoms with van der Waals surface area (Å²) in [4.78, 5) is 3.55.